The van der Waals surface area contributed by atoms with Crippen molar-refractivity contribution in [3.63, 3.8) is 0 Å². The Morgan fingerprint density at radius 1 is 0.880 bits per heavy atom. The van der Waals surface area contributed by atoms with Crippen LogP contribution in [0.4, 0.5) is 0 Å². The van der Waals surface area contributed by atoms with E-state index in [0.717, 1.165) is 34.6 Å². The number of benzene rings is 2. The quantitative estimate of drug-likeness (QED) is 0.702. The molecule has 1 aromatic heterocycles. The van der Waals surface area contributed by atoms with E-state index in [1.807, 2.05) is 30.3 Å². The number of nitrogens with one attached hydrogen (secondary N) is 1. The number of hydrogen-bond acceptors (Lipinski definition) is 5. The molecule has 0 aliphatic rings. The fourth-order valence-electron chi connectivity index (χ4n) is 2.62. The van der Waals surface area contributed by atoms with E-state index in [1.165, 1.54) is 0 Å². The Kier molecular flexibility index (Phi) is 4.97. The molecular formula is C19H22N2O4. The van der Waals surface area contributed by atoms with Gasteiger partial charge in [0.15, 0.2) is 23.0 Å². The van der Waals surface area contributed by atoms with Gasteiger partial charge in [0.1, 0.15) is 5.82 Å². The minimum absolute atomic E-state index is 0.647. The molecule has 3 rings (SSSR count). The first kappa shape index (κ1) is 17.0. The van der Waals surface area contributed by atoms with Crippen LogP contribution in [0.1, 0.15) is 13.3 Å². The van der Waals surface area contributed by atoms with Crippen LogP contribution in [-0.2, 0) is 0 Å². The molecule has 0 aliphatic carbocycles. The number of methoxy groups -OCH3 is 3. The predicted octanol–water partition coefficient (Wildman–Crippen LogP) is 4.04. The normalized spacial score (nSPS) is 10.7. The number of nitrogens with zero attached hydrogens (tertiary/aromatic N) is 1. The Balaban J connectivity index is 2.01. The Bertz CT molecular complexity index is 832. The number of aromatic amines is 1. The van der Waals surface area contributed by atoms with Gasteiger partial charge in [-0.05, 0) is 24.6 Å². The fourth-order valence-corrected chi connectivity index (χ4v) is 2.62. The van der Waals surface area contributed by atoms with Crippen LogP contribution in [0.15, 0.2) is 30.3 Å². The third-order valence-corrected chi connectivity index (χ3v) is 3.89. The lowest BCUT2D eigenvalue weighted by molar-refractivity contribution is 0.294. The summed E-state index contributed by atoms with van der Waals surface area (Å²) in [5.74, 6) is 3.46. The summed E-state index contributed by atoms with van der Waals surface area (Å²) < 4.78 is 21.8. The highest BCUT2D eigenvalue weighted by atomic mass is 16.5. The molecule has 132 valence electrons. The second kappa shape index (κ2) is 7.34. The zero-order valence-corrected chi connectivity index (χ0v) is 14.9. The number of fused-ring (bicyclic) bond motifs is 1. The molecule has 0 spiro atoms. The van der Waals surface area contributed by atoms with E-state index in [2.05, 4.69) is 16.9 Å². The molecule has 0 saturated heterocycles. The summed E-state index contributed by atoms with van der Waals surface area (Å²) in [5, 5.41) is 0. The maximum absolute atomic E-state index is 5.70. The van der Waals surface area contributed by atoms with Gasteiger partial charge in [-0.25, -0.2) is 4.98 Å². The van der Waals surface area contributed by atoms with Crippen molar-refractivity contribution in [1.82, 2.24) is 9.97 Å². The van der Waals surface area contributed by atoms with Crippen LogP contribution in [0.3, 0.4) is 0 Å². The van der Waals surface area contributed by atoms with E-state index < -0.39 is 0 Å². The first-order valence-corrected chi connectivity index (χ1v) is 8.13. The van der Waals surface area contributed by atoms with Gasteiger partial charge >= 0.3 is 0 Å². The highest BCUT2D eigenvalue weighted by Crippen LogP contribution is 2.35. The van der Waals surface area contributed by atoms with Crippen molar-refractivity contribution in [1.29, 1.82) is 0 Å². The molecular weight excluding hydrogens is 320 g/mol. The standard InChI is InChI=1S/C19H22N2O4/c1-5-8-25-15-7-6-12(9-16(15)22-2)19-20-13-10-17(23-3)18(24-4)11-14(13)21-19/h6-7,9-11H,5,8H2,1-4H3,(H,20,21). The van der Waals surface area contributed by atoms with Crippen LogP contribution >= 0.6 is 0 Å². The number of H-pyrrole nitrogens is 1. The van der Waals surface area contributed by atoms with Crippen molar-refractivity contribution < 1.29 is 18.9 Å². The van der Waals surface area contributed by atoms with Crippen molar-refractivity contribution in [2.75, 3.05) is 27.9 Å². The van der Waals surface area contributed by atoms with Gasteiger partial charge in [0.2, 0.25) is 0 Å². The van der Waals surface area contributed by atoms with Gasteiger partial charge in [0, 0.05) is 17.7 Å². The average molecular weight is 342 g/mol. The highest BCUT2D eigenvalue weighted by Gasteiger charge is 2.13. The van der Waals surface area contributed by atoms with Crippen molar-refractivity contribution in [2.24, 2.45) is 0 Å². The largest absolute Gasteiger partial charge is 0.493 e. The summed E-state index contributed by atoms with van der Waals surface area (Å²) in [7, 11) is 4.85. The Morgan fingerprint density at radius 2 is 1.56 bits per heavy atom. The van der Waals surface area contributed by atoms with Crippen LogP contribution in [0.25, 0.3) is 22.4 Å². The molecule has 3 aromatic rings. The number of ether oxygens (including phenoxy) is 4. The maximum Gasteiger partial charge on any atom is 0.163 e. The Labute approximate surface area is 146 Å². The monoisotopic (exact) mass is 342 g/mol. The van der Waals surface area contributed by atoms with Gasteiger partial charge in [-0.2, -0.15) is 0 Å². The van der Waals surface area contributed by atoms with Crippen molar-refractivity contribution in [3.05, 3.63) is 30.3 Å². The second-order valence-electron chi connectivity index (χ2n) is 5.52. The first-order chi connectivity index (χ1) is 12.2. The summed E-state index contributed by atoms with van der Waals surface area (Å²) >= 11 is 0. The molecule has 0 amide bonds. The van der Waals surface area contributed by atoms with Crippen molar-refractivity contribution in [2.45, 2.75) is 13.3 Å². The molecule has 6 nitrogen and oxygen atoms in total. The molecule has 0 aliphatic heterocycles. The van der Waals surface area contributed by atoms with Crippen LogP contribution in [0, 0.1) is 0 Å². The average Bonchev–Trinajstić information content (AvgIpc) is 3.07. The van der Waals surface area contributed by atoms with Crippen LogP contribution in [-0.4, -0.2) is 37.9 Å². The maximum atomic E-state index is 5.70. The third-order valence-electron chi connectivity index (χ3n) is 3.89. The topological polar surface area (TPSA) is 65.6 Å². The van der Waals surface area contributed by atoms with Crippen LogP contribution in [0.2, 0.25) is 0 Å². The molecule has 0 atom stereocenters. The summed E-state index contributed by atoms with van der Waals surface area (Å²) in [6.07, 6.45) is 0.943. The molecule has 0 fully saturated rings. The lowest BCUT2D eigenvalue weighted by Crippen LogP contribution is -1.98. The van der Waals surface area contributed by atoms with E-state index >= 15 is 0 Å². The smallest absolute Gasteiger partial charge is 0.163 e. The van der Waals surface area contributed by atoms with Gasteiger partial charge < -0.3 is 23.9 Å². The van der Waals surface area contributed by atoms with Crippen molar-refractivity contribution in [3.8, 4) is 34.4 Å². The zero-order valence-electron chi connectivity index (χ0n) is 14.9. The molecule has 0 saturated carbocycles. The van der Waals surface area contributed by atoms with Gasteiger partial charge in [0.05, 0.1) is 39.0 Å². The number of rotatable bonds is 7. The molecule has 0 unspecified atom stereocenters. The Hall–Kier alpha value is -2.89. The number of imidazole rings is 1. The van der Waals surface area contributed by atoms with E-state index in [0.29, 0.717) is 23.9 Å². The SMILES string of the molecule is CCCOc1ccc(-c2nc3cc(OC)c(OC)cc3[nH]2)cc1OC. The van der Waals surface area contributed by atoms with Crippen LogP contribution < -0.4 is 18.9 Å². The molecule has 1 N–H and O–H groups in total. The summed E-state index contributed by atoms with van der Waals surface area (Å²) in [6.45, 7) is 2.72. The number of hydrogen-bond donors (Lipinski definition) is 1. The minimum Gasteiger partial charge on any atom is -0.493 e. The van der Waals surface area contributed by atoms with Crippen LogP contribution in [0.5, 0.6) is 23.0 Å². The molecule has 2 aromatic carbocycles. The molecule has 1 heterocycles. The fraction of sp³-hybridized carbons (Fsp3) is 0.316. The number of aromatic nitrogens is 2. The molecule has 0 bridgehead atoms. The van der Waals surface area contributed by atoms with E-state index in [1.54, 1.807) is 21.3 Å². The second-order valence-corrected chi connectivity index (χ2v) is 5.52. The highest BCUT2D eigenvalue weighted by molar-refractivity contribution is 5.83. The zero-order chi connectivity index (χ0) is 17.8. The van der Waals surface area contributed by atoms with E-state index in [-0.39, 0.29) is 0 Å². The summed E-state index contributed by atoms with van der Waals surface area (Å²) in [6, 6.07) is 9.50. The molecule has 6 heteroatoms. The van der Waals surface area contributed by atoms with Gasteiger partial charge in [-0.15, -0.1) is 0 Å². The third kappa shape index (κ3) is 3.33. The van der Waals surface area contributed by atoms with E-state index in [9.17, 15) is 0 Å². The van der Waals surface area contributed by atoms with Gasteiger partial charge in [0.25, 0.3) is 0 Å². The lowest BCUT2D eigenvalue weighted by atomic mass is 10.2. The predicted molar refractivity (Wildman–Crippen MR) is 97.0 cm³/mol. The first-order valence-electron chi connectivity index (χ1n) is 8.13. The van der Waals surface area contributed by atoms with Gasteiger partial charge in [-0.1, -0.05) is 6.92 Å². The van der Waals surface area contributed by atoms with Crippen molar-refractivity contribution >= 4 is 11.0 Å². The van der Waals surface area contributed by atoms with E-state index in [4.69, 9.17) is 18.9 Å². The Morgan fingerprint density at radius 3 is 2.24 bits per heavy atom. The minimum atomic E-state index is 0.647. The van der Waals surface area contributed by atoms with Gasteiger partial charge in [-0.3, -0.25) is 0 Å². The lowest BCUT2D eigenvalue weighted by Gasteiger charge is -2.10. The molecule has 25 heavy (non-hydrogen) atoms. The summed E-state index contributed by atoms with van der Waals surface area (Å²) in [5.41, 5.74) is 2.59. The molecule has 0 radical (unpaired) electrons. The summed E-state index contributed by atoms with van der Waals surface area (Å²) in [4.78, 5) is 7.96.